The van der Waals surface area contributed by atoms with Crippen molar-refractivity contribution in [2.45, 2.75) is 13.3 Å². The molecule has 0 aliphatic heterocycles. The molecular formula is C10H8INO3. The minimum atomic E-state index is -0.901. The summed E-state index contributed by atoms with van der Waals surface area (Å²) >= 11 is 2.20. The summed E-state index contributed by atoms with van der Waals surface area (Å²) in [6, 6.07) is 3.77. The van der Waals surface area contributed by atoms with E-state index >= 15 is 0 Å². The summed E-state index contributed by atoms with van der Waals surface area (Å²) in [6.07, 6.45) is -0.104. The molecule has 0 atom stereocenters. The zero-order valence-corrected chi connectivity index (χ0v) is 10.1. The van der Waals surface area contributed by atoms with E-state index in [-0.39, 0.29) is 6.42 Å². The molecule has 0 unspecified atom stereocenters. The van der Waals surface area contributed by atoms with E-state index in [1.165, 1.54) is 0 Å². The Morgan fingerprint density at radius 3 is 3.00 bits per heavy atom. The van der Waals surface area contributed by atoms with Crippen molar-refractivity contribution < 1.29 is 14.4 Å². The number of hydrogen-bond acceptors (Lipinski definition) is 3. The van der Waals surface area contributed by atoms with Gasteiger partial charge in [0.05, 0.1) is 6.42 Å². The van der Waals surface area contributed by atoms with Crippen LogP contribution in [0.5, 0.6) is 0 Å². The molecule has 0 aliphatic carbocycles. The maximum atomic E-state index is 10.6. The Labute approximate surface area is 99.4 Å². The smallest absolute Gasteiger partial charge is 0.309 e. The van der Waals surface area contributed by atoms with Crippen molar-refractivity contribution in [2.75, 3.05) is 0 Å². The molecular weight excluding hydrogens is 309 g/mol. The number of rotatable bonds is 2. The number of carboxylic acids is 1. The molecule has 78 valence electrons. The van der Waals surface area contributed by atoms with Crippen molar-refractivity contribution in [3.63, 3.8) is 0 Å². The molecule has 4 nitrogen and oxygen atoms in total. The van der Waals surface area contributed by atoms with Crippen LogP contribution in [0.25, 0.3) is 11.0 Å². The van der Waals surface area contributed by atoms with E-state index in [4.69, 9.17) is 9.63 Å². The Hall–Kier alpha value is -1.11. The second-order valence-corrected chi connectivity index (χ2v) is 4.46. The molecule has 1 heterocycles. The molecule has 1 aromatic carbocycles. The number of carboxylic acid groups (broad SMARTS) is 1. The van der Waals surface area contributed by atoms with Crippen LogP contribution in [0.4, 0.5) is 0 Å². The van der Waals surface area contributed by atoms with Gasteiger partial charge in [-0.2, -0.15) is 0 Å². The van der Waals surface area contributed by atoms with Crippen LogP contribution in [-0.2, 0) is 11.2 Å². The van der Waals surface area contributed by atoms with Crippen molar-refractivity contribution in [3.8, 4) is 0 Å². The third kappa shape index (κ3) is 1.97. The molecule has 15 heavy (non-hydrogen) atoms. The van der Waals surface area contributed by atoms with Crippen LogP contribution in [-0.4, -0.2) is 16.2 Å². The number of aliphatic carboxylic acids is 1. The highest BCUT2D eigenvalue weighted by Crippen LogP contribution is 2.24. The van der Waals surface area contributed by atoms with Crippen LogP contribution >= 0.6 is 22.6 Å². The number of halogens is 1. The van der Waals surface area contributed by atoms with Gasteiger partial charge in [-0.15, -0.1) is 0 Å². The first-order chi connectivity index (χ1) is 7.08. The fourth-order valence-electron chi connectivity index (χ4n) is 1.39. The molecule has 0 fully saturated rings. The first-order valence-corrected chi connectivity index (χ1v) is 5.42. The molecule has 0 saturated heterocycles. The minimum Gasteiger partial charge on any atom is -0.481 e. The van der Waals surface area contributed by atoms with Crippen molar-refractivity contribution in [2.24, 2.45) is 0 Å². The maximum Gasteiger partial charge on any atom is 0.309 e. The van der Waals surface area contributed by atoms with Gasteiger partial charge in [0.15, 0.2) is 5.58 Å². The maximum absolute atomic E-state index is 10.6. The van der Waals surface area contributed by atoms with E-state index in [2.05, 4.69) is 27.7 Å². The number of benzene rings is 1. The normalized spacial score (nSPS) is 10.8. The molecule has 0 radical (unpaired) electrons. The van der Waals surface area contributed by atoms with Crippen LogP contribution in [0.15, 0.2) is 16.7 Å². The summed E-state index contributed by atoms with van der Waals surface area (Å²) in [5.74, 6) is -0.901. The lowest BCUT2D eigenvalue weighted by atomic mass is 10.1. The quantitative estimate of drug-likeness (QED) is 0.864. The summed E-state index contributed by atoms with van der Waals surface area (Å²) in [4.78, 5) is 10.6. The number of aryl methyl sites for hydroxylation is 1. The Morgan fingerprint density at radius 2 is 2.33 bits per heavy atom. The van der Waals surface area contributed by atoms with Gasteiger partial charge in [0, 0.05) is 8.96 Å². The van der Waals surface area contributed by atoms with E-state index in [0.29, 0.717) is 11.3 Å². The van der Waals surface area contributed by atoms with Crippen molar-refractivity contribution >= 4 is 39.5 Å². The second-order valence-electron chi connectivity index (χ2n) is 3.30. The highest BCUT2D eigenvalue weighted by molar-refractivity contribution is 14.1. The Balaban J connectivity index is 2.59. The Bertz CT molecular complexity index is 533. The van der Waals surface area contributed by atoms with Gasteiger partial charge in [0.25, 0.3) is 0 Å². The van der Waals surface area contributed by atoms with Crippen molar-refractivity contribution in [1.82, 2.24) is 5.16 Å². The van der Waals surface area contributed by atoms with Gasteiger partial charge < -0.3 is 9.63 Å². The van der Waals surface area contributed by atoms with E-state index in [9.17, 15) is 4.79 Å². The lowest BCUT2D eigenvalue weighted by Gasteiger charge is -1.96. The predicted octanol–water partition coefficient (Wildman–Crippen LogP) is 2.37. The van der Waals surface area contributed by atoms with Crippen LogP contribution in [0, 0.1) is 10.5 Å². The van der Waals surface area contributed by atoms with Gasteiger partial charge in [-0.1, -0.05) is 5.16 Å². The number of fused-ring (bicyclic) bond motifs is 1. The zero-order valence-electron chi connectivity index (χ0n) is 7.95. The van der Waals surface area contributed by atoms with Crippen LogP contribution in [0.2, 0.25) is 0 Å². The van der Waals surface area contributed by atoms with E-state index in [1.807, 2.05) is 19.1 Å². The number of aromatic nitrogens is 1. The van der Waals surface area contributed by atoms with Crippen molar-refractivity contribution in [3.05, 3.63) is 27.0 Å². The lowest BCUT2D eigenvalue weighted by molar-refractivity contribution is -0.136. The van der Waals surface area contributed by atoms with Gasteiger partial charge in [0.2, 0.25) is 0 Å². The summed E-state index contributed by atoms with van der Waals surface area (Å²) in [6.45, 7) is 1.97. The highest BCUT2D eigenvalue weighted by Gasteiger charge is 2.12. The van der Waals surface area contributed by atoms with Gasteiger partial charge in [-0.05, 0) is 47.2 Å². The van der Waals surface area contributed by atoms with E-state index in [1.54, 1.807) is 0 Å². The molecule has 1 aromatic heterocycles. The molecule has 2 aromatic rings. The third-order valence-corrected chi connectivity index (χ3v) is 3.31. The van der Waals surface area contributed by atoms with Crippen molar-refractivity contribution in [1.29, 1.82) is 0 Å². The summed E-state index contributed by atoms with van der Waals surface area (Å²) < 4.78 is 6.15. The standard InChI is InChI=1S/C10H8INO3/c1-5-2-6-8(4-10(13)14)12-15-9(6)3-7(5)11/h2-3H,4H2,1H3,(H,13,14). The molecule has 2 rings (SSSR count). The van der Waals surface area contributed by atoms with Crippen LogP contribution < -0.4 is 0 Å². The fourth-order valence-corrected chi connectivity index (χ4v) is 1.83. The Morgan fingerprint density at radius 1 is 1.60 bits per heavy atom. The molecule has 0 saturated carbocycles. The third-order valence-electron chi connectivity index (χ3n) is 2.14. The molecule has 1 N–H and O–H groups in total. The largest absolute Gasteiger partial charge is 0.481 e. The number of hydrogen-bond donors (Lipinski definition) is 1. The summed E-state index contributed by atoms with van der Waals surface area (Å²) in [7, 11) is 0. The molecule has 0 aliphatic rings. The van der Waals surface area contributed by atoms with Gasteiger partial charge in [-0.25, -0.2) is 0 Å². The topological polar surface area (TPSA) is 63.3 Å². The first kappa shape index (κ1) is 10.4. The zero-order chi connectivity index (χ0) is 11.0. The average molecular weight is 317 g/mol. The number of nitrogens with zero attached hydrogens (tertiary/aromatic N) is 1. The van der Waals surface area contributed by atoms with Gasteiger partial charge in [-0.3, -0.25) is 4.79 Å². The summed E-state index contributed by atoms with van der Waals surface area (Å²) in [5, 5.41) is 13.2. The minimum absolute atomic E-state index is 0.104. The molecule has 0 amide bonds. The SMILES string of the molecule is Cc1cc2c(CC(=O)O)noc2cc1I. The monoisotopic (exact) mass is 317 g/mol. The average Bonchev–Trinajstić information content (AvgIpc) is 2.49. The fraction of sp³-hybridized carbons (Fsp3) is 0.200. The number of carbonyl (C=O) groups is 1. The molecule has 0 spiro atoms. The van der Waals surface area contributed by atoms with E-state index in [0.717, 1.165) is 14.5 Å². The summed E-state index contributed by atoms with van der Waals surface area (Å²) in [5.41, 5.74) is 2.22. The Kier molecular flexibility index (Phi) is 2.64. The molecule has 0 bridgehead atoms. The van der Waals surface area contributed by atoms with Crippen LogP contribution in [0.1, 0.15) is 11.3 Å². The van der Waals surface area contributed by atoms with Gasteiger partial charge in [0.1, 0.15) is 5.69 Å². The highest BCUT2D eigenvalue weighted by atomic mass is 127. The second kappa shape index (κ2) is 3.80. The van der Waals surface area contributed by atoms with Crippen LogP contribution in [0.3, 0.4) is 0 Å². The van der Waals surface area contributed by atoms with E-state index < -0.39 is 5.97 Å². The molecule has 5 heteroatoms. The lowest BCUT2D eigenvalue weighted by Crippen LogP contribution is -2.00. The first-order valence-electron chi connectivity index (χ1n) is 4.34. The predicted molar refractivity (Wildman–Crippen MR) is 62.8 cm³/mol. The van der Waals surface area contributed by atoms with Gasteiger partial charge >= 0.3 is 5.97 Å².